The molecule has 1 saturated carbocycles. The van der Waals surface area contributed by atoms with Crippen molar-refractivity contribution in [1.82, 2.24) is 4.31 Å². The molecule has 0 unspecified atom stereocenters. The Bertz CT molecular complexity index is 664. The zero-order valence-electron chi connectivity index (χ0n) is 15.6. The van der Waals surface area contributed by atoms with Crippen molar-refractivity contribution in [3.05, 3.63) is 35.9 Å². The summed E-state index contributed by atoms with van der Waals surface area (Å²) in [6.07, 6.45) is 2.11. The average molecular weight is 430 g/mol. The van der Waals surface area contributed by atoms with E-state index in [1.807, 2.05) is 13.8 Å². The first kappa shape index (κ1) is 25.7. The third-order valence-corrected chi connectivity index (χ3v) is 5.08. The van der Waals surface area contributed by atoms with Gasteiger partial charge in [-0.05, 0) is 25.0 Å². The number of alkyl halides is 1. The second kappa shape index (κ2) is 12.2. The molecule has 0 atom stereocenters. The Balaban J connectivity index is 0.000000562. The smallest absolute Gasteiger partial charge is 0.337 e. The Morgan fingerprint density at radius 3 is 2.04 bits per heavy atom. The molecule has 0 radical (unpaired) electrons. The Kier molecular flexibility index (Phi) is 11.6. The van der Waals surface area contributed by atoms with Gasteiger partial charge < -0.3 is 4.74 Å². The summed E-state index contributed by atoms with van der Waals surface area (Å²) >= 11 is 5.52. The van der Waals surface area contributed by atoms with Crippen LogP contribution in [0.1, 0.15) is 39.5 Å². The SMILES string of the molecule is CC.COC(=O)C1(N(CCCl)S(=O)(=O)O)CCCC1.Fc1cccc(F)c1. The van der Waals surface area contributed by atoms with E-state index < -0.39 is 33.4 Å². The summed E-state index contributed by atoms with van der Waals surface area (Å²) in [6, 6.07) is 4.55. The molecule has 27 heavy (non-hydrogen) atoms. The predicted molar refractivity (Wildman–Crippen MR) is 99.9 cm³/mol. The summed E-state index contributed by atoms with van der Waals surface area (Å²) in [7, 11) is -3.28. The molecule has 1 aromatic rings. The van der Waals surface area contributed by atoms with E-state index in [1.54, 1.807) is 0 Å². The van der Waals surface area contributed by atoms with E-state index in [0.717, 1.165) is 10.4 Å². The van der Waals surface area contributed by atoms with Gasteiger partial charge in [0.1, 0.15) is 17.2 Å². The van der Waals surface area contributed by atoms with E-state index in [1.165, 1.54) is 25.3 Å². The van der Waals surface area contributed by atoms with Crippen molar-refractivity contribution in [2.75, 3.05) is 19.5 Å². The predicted octanol–water partition coefficient (Wildman–Crippen LogP) is 3.81. The molecule has 10 heteroatoms. The van der Waals surface area contributed by atoms with E-state index in [2.05, 4.69) is 4.74 Å². The van der Waals surface area contributed by atoms with Crippen molar-refractivity contribution in [2.24, 2.45) is 0 Å². The van der Waals surface area contributed by atoms with Gasteiger partial charge in [0.2, 0.25) is 0 Å². The van der Waals surface area contributed by atoms with E-state index >= 15 is 0 Å². The second-order valence-corrected chi connectivity index (χ2v) is 7.12. The zero-order valence-corrected chi connectivity index (χ0v) is 17.2. The molecule has 0 saturated heterocycles. The van der Waals surface area contributed by atoms with Crippen LogP contribution in [-0.4, -0.2) is 48.3 Å². The molecule has 0 amide bonds. The van der Waals surface area contributed by atoms with Crippen molar-refractivity contribution >= 4 is 27.9 Å². The summed E-state index contributed by atoms with van der Waals surface area (Å²) in [5, 5.41) is 0. The number of esters is 1. The summed E-state index contributed by atoms with van der Waals surface area (Å²) in [5.74, 6) is -1.72. The lowest BCUT2D eigenvalue weighted by Crippen LogP contribution is -2.56. The van der Waals surface area contributed by atoms with Gasteiger partial charge in [0.25, 0.3) is 0 Å². The van der Waals surface area contributed by atoms with Gasteiger partial charge in [-0.25, -0.2) is 8.78 Å². The Morgan fingerprint density at radius 1 is 1.26 bits per heavy atom. The first-order chi connectivity index (χ1) is 12.7. The molecule has 1 aromatic carbocycles. The van der Waals surface area contributed by atoms with E-state index in [9.17, 15) is 26.5 Å². The van der Waals surface area contributed by atoms with Gasteiger partial charge in [-0.2, -0.15) is 12.7 Å². The molecule has 0 aromatic heterocycles. The second-order valence-electron chi connectivity index (χ2n) is 5.41. The van der Waals surface area contributed by atoms with Gasteiger partial charge in [-0.1, -0.05) is 32.8 Å². The van der Waals surface area contributed by atoms with Gasteiger partial charge in [0, 0.05) is 18.5 Å². The Hall–Kier alpha value is -1.29. The van der Waals surface area contributed by atoms with Crippen LogP contribution in [0.3, 0.4) is 0 Å². The molecule has 1 aliphatic carbocycles. The molecular formula is C17H26ClF2NO5S. The molecule has 0 bridgehead atoms. The molecule has 1 N–H and O–H groups in total. The van der Waals surface area contributed by atoms with Gasteiger partial charge in [0.15, 0.2) is 0 Å². The van der Waals surface area contributed by atoms with Crippen molar-refractivity contribution in [3.63, 3.8) is 0 Å². The molecule has 6 nitrogen and oxygen atoms in total. The minimum Gasteiger partial charge on any atom is -0.468 e. The minimum atomic E-state index is -4.48. The van der Waals surface area contributed by atoms with E-state index in [4.69, 9.17) is 11.6 Å². The van der Waals surface area contributed by atoms with Crippen LogP contribution < -0.4 is 0 Å². The van der Waals surface area contributed by atoms with Crippen LogP contribution in [0.4, 0.5) is 8.78 Å². The number of hydrogen-bond acceptors (Lipinski definition) is 4. The van der Waals surface area contributed by atoms with Crippen LogP contribution in [0.2, 0.25) is 0 Å². The molecule has 2 rings (SSSR count). The van der Waals surface area contributed by atoms with Crippen molar-refractivity contribution in [1.29, 1.82) is 0 Å². The Morgan fingerprint density at radius 2 is 1.74 bits per heavy atom. The molecule has 0 spiro atoms. The van der Waals surface area contributed by atoms with Crippen molar-refractivity contribution in [2.45, 2.75) is 45.1 Å². The maximum Gasteiger partial charge on any atom is 0.337 e. The zero-order chi connectivity index (χ0) is 21.1. The lowest BCUT2D eigenvalue weighted by Gasteiger charge is -2.35. The maximum atomic E-state index is 11.9. The molecule has 1 aliphatic rings. The lowest BCUT2D eigenvalue weighted by molar-refractivity contribution is -0.152. The first-order valence-corrected chi connectivity index (χ1v) is 10.4. The number of benzene rings is 1. The highest BCUT2D eigenvalue weighted by molar-refractivity contribution is 7.83. The van der Waals surface area contributed by atoms with Crippen LogP contribution >= 0.6 is 11.6 Å². The normalized spacial score (nSPS) is 15.3. The van der Waals surface area contributed by atoms with Gasteiger partial charge >= 0.3 is 16.3 Å². The highest BCUT2D eigenvalue weighted by atomic mass is 35.5. The fraction of sp³-hybridized carbons (Fsp3) is 0.588. The number of rotatable bonds is 5. The maximum absolute atomic E-state index is 11.9. The number of ether oxygens (including phenoxy) is 1. The summed E-state index contributed by atoms with van der Waals surface area (Å²) in [4.78, 5) is 11.8. The van der Waals surface area contributed by atoms with Crippen LogP contribution in [0.25, 0.3) is 0 Å². The quantitative estimate of drug-likeness (QED) is 0.437. The summed E-state index contributed by atoms with van der Waals surface area (Å²) < 4.78 is 61.2. The largest absolute Gasteiger partial charge is 0.468 e. The van der Waals surface area contributed by atoms with Crippen LogP contribution in [0, 0.1) is 11.6 Å². The average Bonchev–Trinajstić information content (AvgIpc) is 3.10. The number of hydrogen-bond donors (Lipinski definition) is 1. The Labute approximate surface area is 164 Å². The van der Waals surface area contributed by atoms with Crippen LogP contribution in [-0.2, 0) is 19.8 Å². The van der Waals surface area contributed by atoms with E-state index in [0.29, 0.717) is 25.7 Å². The lowest BCUT2D eigenvalue weighted by atomic mass is 9.98. The molecule has 0 aliphatic heterocycles. The topological polar surface area (TPSA) is 83.9 Å². The van der Waals surface area contributed by atoms with Gasteiger partial charge in [0.05, 0.1) is 7.11 Å². The molecule has 156 valence electrons. The third-order valence-electron chi connectivity index (χ3n) is 3.83. The molecule has 1 fully saturated rings. The van der Waals surface area contributed by atoms with Gasteiger partial charge in [-0.15, -0.1) is 11.6 Å². The molecular weight excluding hydrogens is 404 g/mol. The van der Waals surface area contributed by atoms with Gasteiger partial charge in [-0.3, -0.25) is 9.35 Å². The summed E-state index contributed by atoms with van der Waals surface area (Å²) in [5.41, 5.74) is -1.29. The van der Waals surface area contributed by atoms with Crippen molar-refractivity contribution < 1.29 is 31.3 Å². The number of methoxy groups -OCH3 is 1. The highest BCUT2D eigenvalue weighted by Crippen LogP contribution is 2.37. The third kappa shape index (κ3) is 7.69. The van der Waals surface area contributed by atoms with E-state index in [-0.39, 0.29) is 12.4 Å². The standard InChI is InChI=1S/C9H16ClNO5S.C6H4F2.C2H6/c1-16-8(12)9(4-2-3-5-9)11(7-6-10)17(13,14)15;7-5-2-1-3-6(8)4-5;1-2/h2-7H2,1H3,(H,13,14,15);1-4H;1-2H3. The molecule has 0 heterocycles. The first-order valence-electron chi connectivity index (χ1n) is 8.48. The number of carbonyl (C=O) groups is 1. The number of nitrogens with zero attached hydrogens (tertiary/aromatic N) is 1. The van der Waals surface area contributed by atoms with Crippen molar-refractivity contribution in [3.8, 4) is 0 Å². The number of carbonyl (C=O) groups excluding carboxylic acids is 1. The number of halogens is 3. The summed E-state index contributed by atoms with van der Waals surface area (Å²) in [6.45, 7) is 3.88. The monoisotopic (exact) mass is 429 g/mol. The fourth-order valence-corrected chi connectivity index (χ4v) is 4.08. The van der Waals surface area contributed by atoms with Crippen LogP contribution in [0.5, 0.6) is 0 Å². The fourth-order valence-electron chi connectivity index (χ4n) is 2.79. The highest BCUT2D eigenvalue weighted by Gasteiger charge is 2.51. The minimum absolute atomic E-state index is 0.00145. The van der Waals surface area contributed by atoms with Crippen LogP contribution in [0.15, 0.2) is 24.3 Å².